The Morgan fingerprint density at radius 3 is 0.840 bits per heavy atom. The van der Waals surface area contributed by atoms with E-state index in [-0.39, 0.29) is 145 Å². The maximum atomic E-state index is 13.3. The Morgan fingerprint density at radius 1 is 0.271 bits per heavy atom. The minimum atomic E-state index is -3.10. The first-order valence-corrected chi connectivity index (χ1v) is 47.8. The quantitative estimate of drug-likeness (QED) is 0.0243. The number of H-pyrrole nitrogens is 6. The average molecular weight is 2130 g/mol. The van der Waals surface area contributed by atoms with Gasteiger partial charge in [0, 0.05) is 173 Å². The third-order valence-corrected chi connectivity index (χ3v) is 26.1. The van der Waals surface area contributed by atoms with Crippen LogP contribution >= 0.6 is 0 Å². The van der Waals surface area contributed by atoms with Gasteiger partial charge in [0.15, 0.2) is 30.9 Å². The van der Waals surface area contributed by atoms with E-state index in [4.69, 9.17) is 126 Å². The Hall–Kier alpha value is -14.5. The molecule has 0 saturated carbocycles. The van der Waals surface area contributed by atoms with Crippen molar-refractivity contribution >= 4 is 131 Å². The smallest absolute Gasteiger partial charge is 0.197 e. The lowest BCUT2D eigenvalue weighted by Crippen LogP contribution is -2.05. The number of ether oxygens (including phenoxy) is 12. The zero-order valence-electron chi connectivity index (χ0n) is 131. The van der Waals surface area contributed by atoms with E-state index in [1.54, 1.807) is 57.2 Å². The lowest BCUT2D eigenvalue weighted by molar-refractivity contribution is 0.407. The number of methoxy groups -OCH3 is 12. The summed E-state index contributed by atoms with van der Waals surface area (Å²) in [4.78, 5) is 64.2. The molecule has 0 fully saturated rings. The van der Waals surface area contributed by atoms with Crippen LogP contribution in [0.25, 0.3) is 66.2 Å². The van der Waals surface area contributed by atoms with Crippen molar-refractivity contribution < 1.29 is 156 Å². The number of pyridine rings is 6. The molecule has 0 aliphatic carbocycles. The van der Waals surface area contributed by atoms with Gasteiger partial charge in [0.25, 0.3) is 0 Å². The van der Waals surface area contributed by atoms with E-state index < -0.39 is 305 Å². The van der Waals surface area contributed by atoms with E-state index in [1.165, 1.54) is 78.9 Å². The van der Waals surface area contributed by atoms with Crippen molar-refractivity contribution in [3.63, 3.8) is 0 Å². The number of aromatic amines is 6. The predicted molar refractivity (Wildman–Crippen MR) is 558 cm³/mol. The van der Waals surface area contributed by atoms with Crippen LogP contribution in [0.15, 0.2) is 177 Å². The average Bonchev–Trinajstić information content (AvgIpc) is 1.00. The van der Waals surface area contributed by atoms with E-state index in [9.17, 15) is 25.3 Å². The highest BCUT2D eigenvalue weighted by molar-refractivity contribution is 7.85. The van der Waals surface area contributed by atoms with Crippen molar-refractivity contribution in [2.24, 2.45) is 0 Å². The fourth-order valence-electron chi connectivity index (χ4n) is 12.7. The van der Waals surface area contributed by atoms with E-state index >= 15 is 0 Å². The Labute approximate surface area is 922 Å². The van der Waals surface area contributed by atoms with Crippen LogP contribution < -0.4 is 56.8 Å². The van der Waals surface area contributed by atoms with Gasteiger partial charge in [-0.25, -0.2) is 29.9 Å². The molecule has 0 amide bonds. The number of aromatic nitrogens is 18. The van der Waals surface area contributed by atoms with Crippen LogP contribution in [0.4, 0.5) is 0 Å². The number of rotatable bonds is 30. The molecule has 0 radical (unpaired) electrons. The van der Waals surface area contributed by atoms with Crippen molar-refractivity contribution in [2.45, 2.75) is 148 Å². The van der Waals surface area contributed by atoms with Crippen LogP contribution in [0.2, 0.25) is 0 Å². The van der Waals surface area contributed by atoms with Gasteiger partial charge in [-0.3, -0.25) is 55.2 Å². The van der Waals surface area contributed by atoms with E-state index in [0.29, 0.717) is 72.5 Å². The molecule has 6 aromatic carbocycles. The zero-order chi connectivity index (χ0) is 149. The Bertz CT molecular complexity index is 10500. The molecule has 18 aromatic rings. The topological polar surface area (TPSA) is 463 Å². The van der Waals surface area contributed by atoms with Gasteiger partial charge in [-0.1, -0.05) is 0 Å². The number of hydrogen-bond donors (Lipinski definition) is 6. The lowest BCUT2D eigenvalue weighted by atomic mass is 10.1. The SMILES string of the molecule is [2H]C([2H])([2H])Oc1ccc2nc(S(=O)C([2H])([2H])c3ncc(C)c(OC([2H])([2H])[2H])c3C)[nH]c2c1.[2H]c1c(OC([2H])([2H])[2H])c([2H])c2[nH]c(S(=O)C([2H])([2H])c3ncc(C)c(OC([2H])([2H])[2H])c3C)nc2c1[2H].[2H]c1c(OC([2H])([2H])[2H])c([2H])c2[nH]c(S(=O)Cc3ncc(C)c(OC([2H])([2H])[2H])c3C)nc2c1[2H].[2H]c1nc(C([2H])([2H])S(=O)c2nc3ccc(OC)cc3[nH]2)c(C([2H])([2H])[2H])c(OC)c1C([2H])([2H])[2H].[2H]c1nc(CS(=O)c2nc3c([2H])c([2H])c(OC)c([2H])c3[nH]2)c(C([2H])([2H])[2H])c(OC)c1C([2H])([2H])[2H].[2H]c1nc(CS(=O)c2nc3ccc(OC)cc3[nH]2)c(C([2H])([2H])[2H])c(OC)c1C([2H])([2H])[2H]. The first-order chi connectivity index (χ1) is 90.6. The van der Waals surface area contributed by atoms with Crippen LogP contribution in [0.1, 0.15) is 175 Å². The highest BCUT2D eigenvalue weighted by atomic mass is 32.2. The summed E-state index contributed by atoms with van der Waals surface area (Å²) in [7, 11) is -23.0. The highest BCUT2D eigenvalue weighted by Gasteiger charge is 2.25. The first-order valence-electron chi connectivity index (χ1n) is 67.4. The van der Waals surface area contributed by atoms with Crippen LogP contribution in [-0.2, 0) is 99.2 Å². The summed E-state index contributed by atoms with van der Waals surface area (Å²) in [5, 5.41) is -1.32. The first kappa shape index (κ1) is 56.0. The van der Waals surface area contributed by atoms with Crippen molar-refractivity contribution in [1.82, 2.24) is 89.7 Å². The molecule has 6 unspecified atom stereocenters. The van der Waals surface area contributed by atoms with E-state index in [2.05, 4.69) is 94.4 Å². The van der Waals surface area contributed by atoms with Crippen LogP contribution in [0.3, 0.4) is 0 Å². The maximum absolute atomic E-state index is 13.3. The molecule has 144 heavy (non-hydrogen) atoms. The van der Waals surface area contributed by atoms with Gasteiger partial charge in [0.2, 0.25) is 0 Å². The number of hydrogen-bond acceptors (Lipinski definition) is 30. The number of nitrogens with one attached hydrogen (secondary N) is 6. The number of imidazole rings is 6. The molecule has 18 rings (SSSR count). The summed E-state index contributed by atoms with van der Waals surface area (Å²) in [5.41, 5.74) is -10.8. The molecule has 0 bridgehead atoms. The summed E-state index contributed by atoms with van der Waals surface area (Å²) in [5.74, 6) is -3.45. The highest BCUT2D eigenvalue weighted by Crippen LogP contribution is 2.36. The molecule has 36 nitrogen and oxygen atoms in total. The molecule has 42 heteroatoms. The number of benzene rings is 6. The molecular weight excluding hydrogens is 1960 g/mol. The third-order valence-electron chi connectivity index (χ3n) is 19.9. The van der Waals surface area contributed by atoms with Gasteiger partial charge in [-0.05, 0) is 155 Å². The maximum Gasteiger partial charge on any atom is 0.197 e. The van der Waals surface area contributed by atoms with Gasteiger partial charge in [-0.2, -0.15) is 0 Å². The minimum absolute atomic E-state index is 0.000227. The minimum Gasteiger partial charge on any atom is -0.497 e. The van der Waals surface area contributed by atoms with Crippen LogP contribution in [0.5, 0.6) is 69.0 Å². The molecule has 0 spiro atoms. The molecule has 6 atom stereocenters. The molecule has 12 aromatic heterocycles. The monoisotopic (exact) mass is 2130 g/mol. The molecule has 0 aliphatic rings. The fraction of sp³-hybridized carbons (Fsp3) is 0.294. The normalized spacial score (nSPS) is 19.2. The summed E-state index contributed by atoms with van der Waals surface area (Å²) in [6.45, 7) is -8.39. The van der Waals surface area contributed by atoms with Gasteiger partial charge in [0.05, 0.1) is 326 Å². The Balaban J connectivity index is 0.000000191. The summed E-state index contributed by atoms with van der Waals surface area (Å²) >= 11 is 0. The number of nitrogens with zero attached hydrogens (tertiary/aromatic N) is 12. The van der Waals surface area contributed by atoms with Gasteiger partial charge < -0.3 is 86.7 Å². The summed E-state index contributed by atoms with van der Waals surface area (Å²) in [6, 6.07) is 9.31. The summed E-state index contributed by atoms with van der Waals surface area (Å²) in [6.07, 6.45) is 1.50. The van der Waals surface area contributed by atoms with Crippen molar-refractivity contribution in [3.8, 4) is 69.0 Å². The lowest BCUT2D eigenvalue weighted by Gasteiger charge is -2.11. The molecule has 0 aliphatic heterocycles. The summed E-state index contributed by atoms with van der Waals surface area (Å²) < 4.78 is 556. The zero-order valence-corrected chi connectivity index (χ0v) is 81.6. The fourth-order valence-corrected chi connectivity index (χ4v) is 18.3. The molecule has 6 N–H and O–H groups in total. The number of fused-ring (bicyclic) bond motifs is 6. The number of aryl methyl sites for hydroxylation is 3. The second-order valence-corrected chi connectivity index (χ2v) is 36.5. The predicted octanol–water partition coefficient (Wildman–Crippen LogP) is 17.4. The molecule has 12 heterocycles. The molecule has 756 valence electrons. The molecule has 0 saturated heterocycles. The van der Waals surface area contributed by atoms with Crippen LogP contribution in [0, 0.1) is 82.7 Å². The Morgan fingerprint density at radius 2 is 0.528 bits per heavy atom. The van der Waals surface area contributed by atoms with Crippen molar-refractivity contribution in [3.05, 3.63) is 247 Å². The third kappa shape index (κ3) is 25.0. The standard InChI is InChI=1S/6C17H19N3O3S/c6*1-10-8-18-15(11(2)16(10)23-4)9-24(21)17-19-13-6-5-12(22-3)7-14(13)20-17/h6*5-8H,9H2,1-4H3,(H,19,20)/i3D3,4D3,5D,6D,7D,9D2;1D3,2D3,5D,6D,7D,8D;3D3,4D3,5D,6D,7D;1D3,2D3,8D,9D2;3D3,4D3,9D2;1D3,2D3,8D. The largest absolute Gasteiger partial charge is 0.497 e. The molecular formula is C102H114N18O18S6. The van der Waals surface area contributed by atoms with Gasteiger partial charge in [0.1, 0.15) is 69.0 Å². The van der Waals surface area contributed by atoms with Gasteiger partial charge in [-0.15, -0.1) is 0 Å². The van der Waals surface area contributed by atoms with Crippen molar-refractivity contribution in [1.29, 1.82) is 0 Å². The Kier molecular flexibility index (Phi) is 18.9. The van der Waals surface area contributed by atoms with E-state index in [1.807, 2.05) is 0 Å². The van der Waals surface area contributed by atoms with Crippen LogP contribution in [-0.4, -0.2) is 200 Å². The second-order valence-electron chi connectivity index (χ2n) is 29.0. The van der Waals surface area contributed by atoms with Crippen molar-refractivity contribution in [2.75, 3.05) is 84.9 Å². The van der Waals surface area contributed by atoms with E-state index in [0.717, 1.165) is 21.3 Å². The van der Waals surface area contributed by atoms with Gasteiger partial charge >= 0.3 is 0 Å². The second kappa shape index (κ2) is 48.5.